The highest BCUT2D eigenvalue weighted by atomic mass is 19.1. The molecule has 0 fully saturated rings. The van der Waals surface area contributed by atoms with Crippen molar-refractivity contribution in [1.29, 1.82) is 5.26 Å². The third-order valence-electron chi connectivity index (χ3n) is 5.90. The number of rotatable bonds is 3. The minimum absolute atomic E-state index is 0.0696. The summed E-state index contributed by atoms with van der Waals surface area (Å²) in [7, 11) is 1.97. The minimum atomic E-state index is -0.550. The van der Waals surface area contributed by atoms with Gasteiger partial charge in [0.25, 0.3) is 5.91 Å². The van der Waals surface area contributed by atoms with Crippen LogP contribution in [0.15, 0.2) is 35.9 Å². The molecule has 1 unspecified atom stereocenters. The maximum Gasteiger partial charge on any atom is 0.266 e. The second-order valence-corrected chi connectivity index (χ2v) is 8.91. The second-order valence-electron chi connectivity index (χ2n) is 8.91. The highest BCUT2D eigenvalue weighted by molar-refractivity contribution is 6.09. The van der Waals surface area contributed by atoms with Gasteiger partial charge in [-0.15, -0.1) is 0 Å². The molecule has 1 N–H and O–H groups in total. The number of nitrogens with one attached hydrogen (secondary N) is 1. The first-order valence-corrected chi connectivity index (χ1v) is 10.1. The highest BCUT2D eigenvalue weighted by Gasteiger charge is 2.34. The molecule has 0 spiro atoms. The zero-order chi connectivity index (χ0) is 22.2. The molecule has 1 aliphatic heterocycles. The molecule has 5 heteroatoms. The van der Waals surface area contributed by atoms with Gasteiger partial charge in [-0.05, 0) is 87.1 Å². The van der Waals surface area contributed by atoms with Crippen molar-refractivity contribution in [1.82, 2.24) is 0 Å². The summed E-state index contributed by atoms with van der Waals surface area (Å²) >= 11 is 0. The van der Waals surface area contributed by atoms with E-state index in [9.17, 15) is 14.4 Å². The number of halogens is 1. The van der Waals surface area contributed by atoms with E-state index >= 15 is 0 Å². The third kappa shape index (κ3) is 4.23. The van der Waals surface area contributed by atoms with Crippen molar-refractivity contribution >= 4 is 23.4 Å². The van der Waals surface area contributed by atoms with Crippen LogP contribution >= 0.6 is 0 Å². The van der Waals surface area contributed by atoms with Gasteiger partial charge in [-0.1, -0.05) is 13.0 Å². The molecule has 156 valence electrons. The van der Waals surface area contributed by atoms with Crippen molar-refractivity contribution in [2.24, 2.45) is 0 Å². The lowest BCUT2D eigenvalue weighted by atomic mass is 9.80. The summed E-state index contributed by atoms with van der Waals surface area (Å²) in [5, 5.41) is 12.3. The first kappa shape index (κ1) is 21.6. The number of benzene rings is 2. The molecule has 0 radical (unpaired) electrons. The van der Waals surface area contributed by atoms with E-state index in [-0.39, 0.29) is 22.6 Å². The lowest BCUT2D eigenvalue weighted by Crippen LogP contribution is -2.45. The zero-order valence-electron chi connectivity index (χ0n) is 18.4. The average molecular weight is 406 g/mol. The van der Waals surface area contributed by atoms with E-state index in [0.29, 0.717) is 5.69 Å². The van der Waals surface area contributed by atoms with Crippen molar-refractivity contribution in [3.63, 3.8) is 0 Å². The molecule has 0 saturated heterocycles. The molecule has 0 bridgehead atoms. The summed E-state index contributed by atoms with van der Waals surface area (Å²) in [4.78, 5) is 14.7. The summed E-state index contributed by atoms with van der Waals surface area (Å²) in [6, 6.07) is 10.9. The lowest BCUT2D eigenvalue weighted by Gasteiger charge is -2.45. The van der Waals surface area contributed by atoms with E-state index in [0.717, 1.165) is 28.8 Å². The summed E-state index contributed by atoms with van der Waals surface area (Å²) < 4.78 is 14.9. The molecule has 1 aliphatic rings. The molecule has 0 aliphatic carbocycles. The highest BCUT2D eigenvalue weighted by Crippen LogP contribution is 2.43. The standard InChI is InChI=1S/C25H28FN3O/c1-15-7-16(2)9-20(8-15)28-24(30)19(14-27)10-18-11-21-17(3)13-25(4,5)29(6)23(21)12-22(18)26/h7-12,17H,13H2,1-6H3,(H,28,30)/b19-10+. The van der Waals surface area contributed by atoms with Crippen LogP contribution in [0.2, 0.25) is 0 Å². The number of anilines is 2. The quantitative estimate of drug-likeness (QED) is 0.526. The predicted molar refractivity (Wildman–Crippen MR) is 120 cm³/mol. The Hall–Kier alpha value is -3.13. The Morgan fingerprint density at radius 3 is 2.47 bits per heavy atom. The van der Waals surface area contributed by atoms with E-state index in [1.807, 2.05) is 45.2 Å². The van der Waals surface area contributed by atoms with Crippen LogP contribution in [-0.4, -0.2) is 18.5 Å². The van der Waals surface area contributed by atoms with Gasteiger partial charge in [0, 0.05) is 29.5 Å². The Labute approximate surface area is 178 Å². The molecule has 3 rings (SSSR count). The van der Waals surface area contributed by atoms with Crippen LogP contribution in [0, 0.1) is 31.0 Å². The smallest absolute Gasteiger partial charge is 0.266 e. The molecular formula is C25H28FN3O. The summed E-state index contributed by atoms with van der Waals surface area (Å²) in [5.41, 5.74) is 4.56. The molecule has 1 atom stereocenters. The van der Waals surface area contributed by atoms with Gasteiger partial charge in [-0.2, -0.15) is 5.26 Å². The van der Waals surface area contributed by atoms with Crippen molar-refractivity contribution in [3.05, 3.63) is 64.0 Å². The van der Waals surface area contributed by atoms with Crippen molar-refractivity contribution in [2.75, 3.05) is 17.3 Å². The van der Waals surface area contributed by atoms with Gasteiger partial charge >= 0.3 is 0 Å². The first-order chi connectivity index (χ1) is 14.0. The first-order valence-electron chi connectivity index (χ1n) is 10.1. The Bertz CT molecular complexity index is 1060. The van der Waals surface area contributed by atoms with Crippen LogP contribution in [0.3, 0.4) is 0 Å². The monoisotopic (exact) mass is 405 g/mol. The number of fused-ring (bicyclic) bond motifs is 1. The Morgan fingerprint density at radius 1 is 1.23 bits per heavy atom. The van der Waals surface area contributed by atoms with Gasteiger partial charge in [-0.25, -0.2) is 4.39 Å². The van der Waals surface area contributed by atoms with E-state index in [2.05, 4.69) is 31.0 Å². The fourth-order valence-corrected chi connectivity index (χ4v) is 4.26. The lowest BCUT2D eigenvalue weighted by molar-refractivity contribution is -0.112. The molecule has 1 amide bonds. The molecule has 0 aromatic heterocycles. The Kier molecular flexibility index (Phi) is 5.72. The average Bonchev–Trinajstić information content (AvgIpc) is 2.63. The summed E-state index contributed by atoms with van der Waals surface area (Å²) in [6.45, 7) is 10.3. The Morgan fingerprint density at radius 2 is 1.87 bits per heavy atom. The number of carbonyl (C=O) groups excluding carboxylic acids is 1. The predicted octanol–water partition coefficient (Wildman–Crippen LogP) is 5.71. The van der Waals surface area contributed by atoms with Crippen LogP contribution in [0.4, 0.5) is 15.8 Å². The molecule has 0 saturated carbocycles. The maximum atomic E-state index is 14.9. The maximum absolute atomic E-state index is 14.9. The zero-order valence-corrected chi connectivity index (χ0v) is 18.4. The topological polar surface area (TPSA) is 56.1 Å². The fraction of sp³-hybridized carbons (Fsp3) is 0.360. The van der Waals surface area contributed by atoms with Crippen molar-refractivity contribution in [3.8, 4) is 6.07 Å². The van der Waals surface area contributed by atoms with E-state index in [4.69, 9.17) is 0 Å². The van der Waals surface area contributed by atoms with Gasteiger partial charge in [0.15, 0.2) is 0 Å². The number of amides is 1. The molecule has 4 nitrogen and oxygen atoms in total. The van der Waals surface area contributed by atoms with Gasteiger partial charge < -0.3 is 10.2 Å². The summed E-state index contributed by atoms with van der Waals surface area (Å²) in [6.07, 6.45) is 2.27. The molecule has 1 heterocycles. The van der Waals surface area contributed by atoms with Gasteiger partial charge in [0.1, 0.15) is 17.5 Å². The minimum Gasteiger partial charge on any atom is -0.369 e. The Balaban J connectivity index is 1.95. The number of nitrogens with zero attached hydrogens (tertiary/aromatic N) is 2. The molecular weight excluding hydrogens is 377 g/mol. The van der Waals surface area contributed by atoms with Gasteiger partial charge in [-0.3, -0.25) is 4.79 Å². The van der Waals surface area contributed by atoms with Crippen molar-refractivity contribution < 1.29 is 9.18 Å². The van der Waals surface area contributed by atoms with Crippen LogP contribution in [0.5, 0.6) is 0 Å². The number of hydrogen-bond acceptors (Lipinski definition) is 3. The van der Waals surface area contributed by atoms with E-state index in [1.54, 1.807) is 6.07 Å². The molecule has 2 aromatic rings. The van der Waals surface area contributed by atoms with Crippen LogP contribution in [0.1, 0.15) is 55.4 Å². The number of carbonyl (C=O) groups is 1. The van der Waals surface area contributed by atoms with Gasteiger partial charge in [0.2, 0.25) is 0 Å². The summed E-state index contributed by atoms with van der Waals surface area (Å²) in [5.74, 6) is -0.753. The SMILES string of the molecule is Cc1cc(C)cc(NC(=O)/C(C#N)=C/c2cc3c(cc2F)N(C)C(C)(C)CC3C)c1. The van der Waals surface area contributed by atoms with E-state index in [1.165, 1.54) is 12.1 Å². The second kappa shape index (κ2) is 7.95. The van der Waals surface area contributed by atoms with Crippen LogP contribution in [-0.2, 0) is 4.79 Å². The normalized spacial score (nSPS) is 17.9. The van der Waals surface area contributed by atoms with Gasteiger partial charge in [0.05, 0.1) is 0 Å². The number of nitriles is 1. The third-order valence-corrected chi connectivity index (χ3v) is 5.90. The number of aryl methyl sites for hydroxylation is 2. The molecule has 30 heavy (non-hydrogen) atoms. The van der Waals surface area contributed by atoms with Crippen LogP contribution in [0.25, 0.3) is 6.08 Å². The molecule has 2 aromatic carbocycles. The fourth-order valence-electron chi connectivity index (χ4n) is 4.26. The van der Waals surface area contributed by atoms with Crippen LogP contribution < -0.4 is 10.2 Å². The number of hydrogen-bond donors (Lipinski definition) is 1. The van der Waals surface area contributed by atoms with E-state index < -0.39 is 11.7 Å². The largest absolute Gasteiger partial charge is 0.369 e. The van der Waals surface area contributed by atoms with Crippen molar-refractivity contribution in [2.45, 2.75) is 52.5 Å².